The van der Waals surface area contributed by atoms with Crippen molar-refractivity contribution in [2.24, 2.45) is 0 Å². The Morgan fingerprint density at radius 3 is 2.53 bits per heavy atom. The van der Waals surface area contributed by atoms with Gasteiger partial charge in [0.05, 0.1) is 7.11 Å². The van der Waals surface area contributed by atoms with Crippen LogP contribution in [0.25, 0.3) is 0 Å². The van der Waals surface area contributed by atoms with Gasteiger partial charge in [-0.1, -0.05) is 6.92 Å². The lowest BCUT2D eigenvalue weighted by molar-refractivity contribution is 0.379. The molecule has 0 saturated heterocycles. The SMILES string of the molecule is CCC(CSC)Nc1nc(NC)nc(OC)n1. The van der Waals surface area contributed by atoms with E-state index in [1.165, 1.54) is 7.11 Å². The van der Waals surface area contributed by atoms with Crippen molar-refractivity contribution < 1.29 is 4.74 Å². The van der Waals surface area contributed by atoms with Crippen molar-refractivity contribution in [3.63, 3.8) is 0 Å². The minimum atomic E-state index is 0.311. The van der Waals surface area contributed by atoms with Gasteiger partial charge in [-0.25, -0.2) is 0 Å². The average molecular weight is 257 g/mol. The molecule has 2 N–H and O–H groups in total. The van der Waals surface area contributed by atoms with Crippen molar-refractivity contribution in [3.8, 4) is 6.01 Å². The van der Waals surface area contributed by atoms with Crippen molar-refractivity contribution in [3.05, 3.63) is 0 Å². The number of hydrogen-bond acceptors (Lipinski definition) is 7. The van der Waals surface area contributed by atoms with Gasteiger partial charge in [-0.3, -0.25) is 0 Å². The number of hydrogen-bond donors (Lipinski definition) is 2. The summed E-state index contributed by atoms with van der Waals surface area (Å²) in [6, 6.07) is 0.660. The van der Waals surface area contributed by atoms with Crippen molar-refractivity contribution in [1.29, 1.82) is 0 Å². The normalized spacial score (nSPS) is 12.0. The standard InChI is InChI=1S/C10H19N5OS/c1-5-7(6-17-4)12-9-13-8(11-2)14-10(15-9)16-3/h7H,5-6H2,1-4H3,(H2,11,12,13,14,15). The summed E-state index contributed by atoms with van der Waals surface area (Å²) in [5.41, 5.74) is 0. The van der Waals surface area contributed by atoms with Crippen LogP contribution in [0.2, 0.25) is 0 Å². The van der Waals surface area contributed by atoms with Crippen LogP contribution < -0.4 is 15.4 Å². The lowest BCUT2D eigenvalue weighted by Crippen LogP contribution is -2.23. The first kappa shape index (κ1) is 13.8. The molecule has 17 heavy (non-hydrogen) atoms. The predicted molar refractivity (Wildman–Crippen MR) is 72.0 cm³/mol. The van der Waals surface area contributed by atoms with Gasteiger partial charge < -0.3 is 15.4 Å². The summed E-state index contributed by atoms with van der Waals surface area (Å²) < 4.78 is 5.03. The van der Waals surface area contributed by atoms with Crippen LogP contribution in [0, 0.1) is 0 Å². The maximum absolute atomic E-state index is 5.03. The summed E-state index contributed by atoms with van der Waals surface area (Å²) in [6.45, 7) is 2.13. The molecule has 7 heteroatoms. The highest BCUT2D eigenvalue weighted by atomic mass is 32.2. The first-order valence-corrected chi connectivity index (χ1v) is 6.86. The molecule has 0 fully saturated rings. The van der Waals surface area contributed by atoms with Gasteiger partial charge in [0.1, 0.15) is 0 Å². The predicted octanol–water partition coefficient (Wildman–Crippen LogP) is 1.48. The van der Waals surface area contributed by atoms with Crippen LogP contribution in [0.5, 0.6) is 6.01 Å². The van der Waals surface area contributed by atoms with Crippen LogP contribution in [0.3, 0.4) is 0 Å². The summed E-state index contributed by atoms with van der Waals surface area (Å²) in [5, 5.41) is 6.15. The van der Waals surface area contributed by atoms with E-state index < -0.39 is 0 Å². The molecule has 0 aliphatic heterocycles. The molecule has 0 aliphatic rings. The zero-order valence-electron chi connectivity index (χ0n) is 10.6. The topological polar surface area (TPSA) is 72.0 Å². The van der Waals surface area contributed by atoms with E-state index in [9.17, 15) is 0 Å². The van der Waals surface area contributed by atoms with Gasteiger partial charge in [0.15, 0.2) is 0 Å². The molecule has 0 aromatic carbocycles. The molecular weight excluding hydrogens is 238 g/mol. The van der Waals surface area contributed by atoms with Gasteiger partial charge in [-0.15, -0.1) is 0 Å². The Balaban J connectivity index is 2.81. The highest BCUT2D eigenvalue weighted by molar-refractivity contribution is 7.98. The summed E-state index contributed by atoms with van der Waals surface area (Å²) in [6.07, 6.45) is 3.10. The van der Waals surface area contributed by atoms with Crippen molar-refractivity contribution in [2.45, 2.75) is 19.4 Å². The third kappa shape index (κ3) is 4.26. The van der Waals surface area contributed by atoms with Gasteiger partial charge in [-0.05, 0) is 12.7 Å². The number of thioether (sulfide) groups is 1. The molecule has 0 saturated carbocycles. The second-order valence-corrected chi connectivity index (χ2v) is 4.33. The van der Waals surface area contributed by atoms with Crippen LogP contribution in [0.1, 0.15) is 13.3 Å². The maximum Gasteiger partial charge on any atom is 0.322 e. The molecule has 0 spiro atoms. The highest BCUT2D eigenvalue weighted by Crippen LogP contribution is 2.13. The number of nitrogens with one attached hydrogen (secondary N) is 2. The van der Waals surface area contributed by atoms with E-state index in [2.05, 4.69) is 38.8 Å². The van der Waals surface area contributed by atoms with E-state index in [1.54, 1.807) is 18.8 Å². The lowest BCUT2D eigenvalue weighted by Gasteiger charge is -2.16. The first-order valence-electron chi connectivity index (χ1n) is 5.46. The molecular formula is C10H19N5OS. The quantitative estimate of drug-likeness (QED) is 0.766. The molecule has 1 rings (SSSR count). The molecule has 1 heterocycles. The van der Waals surface area contributed by atoms with E-state index in [1.807, 2.05) is 0 Å². The van der Waals surface area contributed by atoms with E-state index in [0.717, 1.165) is 12.2 Å². The zero-order valence-corrected chi connectivity index (χ0v) is 11.5. The van der Waals surface area contributed by atoms with E-state index in [-0.39, 0.29) is 0 Å². The second-order valence-electron chi connectivity index (χ2n) is 3.42. The molecule has 1 atom stereocenters. The van der Waals surface area contributed by atoms with E-state index in [0.29, 0.717) is 23.9 Å². The molecule has 0 radical (unpaired) electrons. The smallest absolute Gasteiger partial charge is 0.322 e. The van der Waals surface area contributed by atoms with Crippen LogP contribution in [-0.2, 0) is 0 Å². The Labute approximate surface area is 106 Å². The minimum absolute atomic E-state index is 0.311. The van der Waals surface area contributed by atoms with Crippen molar-refractivity contribution in [2.75, 3.05) is 36.8 Å². The molecule has 1 aromatic heterocycles. The molecule has 6 nitrogen and oxygen atoms in total. The average Bonchev–Trinajstić information content (AvgIpc) is 2.37. The summed E-state index contributed by atoms with van der Waals surface area (Å²) >= 11 is 1.79. The minimum Gasteiger partial charge on any atom is -0.467 e. The Morgan fingerprint density at radius 1 is 1.29 bits per heavy atom. The van der Waals surface area contributed by atoms with Gasteiger partial charge in [0.25, 0.3) is 0 Å². The number of aromatic nitrogens is 3. The largest absolute Gasteiger partial charge is 0.467 e. The van der Waals surface area contributed by atoms with Crippen LogP contribution in [0.4, 0.5) is 11.9 Å². The van der Waals surface area contributed by atoms with Gasteiger partial charge in [0.2, 0.25) is 11.9 Å². The van der Waals surface area contributed by atoms with Crippen LogP contribution in [0.15, 0.2) is 0 Å². The highest BCUT2D eigenvalue weighted by Gasteiger charge is 2.10. The molecule has 0 aliphatic carbocycles. The Hall–Kier alpha value is -1.24. The Kier molecular flexibility index (Phi) is 5.82. The summed E-state index contributed by atoms with van der Waals surface area (Å²) in [7, 11) is 3.30. The number of ether oxygens (including phenoxy) is 1. The monoisotopic (exact) mass is 257 g/mol. The van der Waals surface area contributed by atoms with Crippen molar-refractivity contribution in [1.82, 2.24) is 15.0 Å². The zero-order chi connectivity index (χ0) is 12.7. The van der Waals surface area contributed by atoms with Crippen molar-refractivity contribution >= 4 is 23.7 Å². The lowest BCUT2D eigenvalue weighted by atomic mass is 10.3. The van der Waals surface area contributed by atoms with Crippen LogP contribution >= 0.6 is 11.8 Å². The summed E-state index contributed by atoms with van der Waals surface area (Å²) in [4.78, 5) is 12.4. The van der Waals surface area contributed by atoms with Crippen LogP contribution in [-0.4, -0.2) is 47.2 Å². The Morgan fingerprint density at radius 2 is 2.00 bits per heavy atom. The number of methoxy groups -OCH3 is 1. The molecule has 1 aromatic rings. The molecule has 1 unspecified atom stereocenters. The first-order chi connectivity index (χ1) is 8.23. The molecule has 96 valence electrons. The van der Waals surface area contributed by atoms with Gasteiger partial charge >= 0.3 is 6.01 Å². The number of nitrogens with zero attached hydrogens (tertiary/aromatic N) is 3. The Bertz CT molecular complexity index is 327. The third-order valence-electron chi connectivity index (χ3n) is 2.21. The number of rotatable bonds is 7. The third-order valence-corrected chi connectivity index (χ3v) is 2.95. The molecule has 0 amide bonds. The van der Waals surface area contributed by atoms with Gasteiger partial charge in [0, 0.05) is 18.8 Å². The fourth-order valence-electron chi connectivity index (χ4n) is 1.27. The maximum atomic E-state index is 5.03. The van der Waals surface area contributed by atoms with Gasteiger partial charge in [-0.2, -0.15) is 26.7 Å². The number of anilines is 2. The fraction of sp³-hybridized carbons (Fsp3) is 0.700. The fourth-order valence-corrected chi connectivity index (χ4v) is 1.99. The van der Waals surface area contributed by atoms with E-state index >= 15 is 0 Å². The second kappa shape index (κ2) is 7.16. The summed E-state index contributed by atoms with van der Waals surface area (Å²) in [5.74, 6) is 2.06. The van der Waals surface area contributed by atoms with E-state index in [4.69, 9.17) is 4.74 Å². The molecule has 0 bridgehead atoms.